The fraction of sp³-hybridized carbons (Fsp3) is 0.667. The van der Waals surface area contributed by atoms with E-state index in [-0.39, 0.29) is 34.9 Å². The van der Waals surface area contributed by atoms with Crippen LogP contribution in [-0.2, 0) is 48.1 Å². The van der Waals surface area contributed by atoms with Crippen LogP contribution in [0.2, 0.25) is 0 Å². The fourth-order valence-electron chi connectivity index (χ4n) is 2.59. The molecule has 11 nitrogen and oxygen atoms in total. The van der Waals surface area contributed by atoms with E-state index < -0.39 is 29.7 Å². The molecular weight excluding hydrogens is 428 g/mol. The third-order valence-corrected chi connectivity index (χ3v) is 3.88. The Balaban J connectivity index is 1.93. The lowest BCUT2D eigenvalue weighted by atomic mass is 10.0. The number of hydrogen-bond donors (Lipinski definition) is 0. The Kier molecular flexibility index (Phi) is 7.53. The van der Waals surface area contributed by atoms with Crippen molar-refractivity contribution in [2.75, 3.05) is 0 Å². The smallest absolute Gasteiger partial charge is 0.419 e. The second-order valence-electron chi connectivity index (χ2n) is 9.09. The summed E-state index contributed by atoms with van der Waals surface area (Å²) in [5, 5.41) is 0. The van der Waals surface area contributed by atoms with Crippen LogP contribution < -0.4 is 0 Å². The van der Waals surface area contributed by atoms with Crippen LogP contribution in [0.15, 0.2) is 23.0 Å². The minimum Gasteiger partial charge on any atom is -0.419 e. The molecule has 0 unspecified atom stereocenters. The minimum atomic E-state index is -1.69. The molecule has 0 saturated carbocycles. The highest BCUT2D eigenvalue weighted by molar-refractivity contribution is 5.89. The molecule has 0 bridgehead atoms. The Hall–Kier alpha value is -3.11. The number of carbonyl (C=O) groups excluding carboxylic acids is 3. The van der Waals surface area contributed by atoms with Crippen LogP contribution in [0.3, 0.4) is 0 Å². The van der Waals surface area contributed by atoms with Crippen LogP contribution >= 0.6 is 0 Å². The Morgan fingerprint density at radius 3 is 1.22 bits per heavy atom. The second kappa shape index (κ2) is 9.58. The summed E-state index contributed by atoms with van der Waals surface area (Å²) >= 11 is 0. The Morgan fingerprint density at radius 2 is 0.969 bits per heavy atom. The largest absolute Gasteiger partial charge is 0.514 e. The van der Waals surface area contributed by atoms with Crippen LogP contribution in [0.5, 0.6) is 0 Å². The van der Waals surface area contributed by atoms with Gasteiger partial charge in [0.15, 0.2) is 0 Å². The van der Waals surface area contributed by atoms with Gasteiger partial charge in [0.05, 0.1) is 0 Å². The van der Waals surface area contributed by atoms with Crippen molar-refractivity contribution in [1.82, 2.24) is 0 Å². The van der Waals surface area contributed by atoms with E-state index >= 15 is 0 Å². The quantitative estimate of drug-likeness (QED) is 0.153. The molecule has 180 valence electrons. The molecule has 0 aromatic carbocycles. The zero-order valence-corrected chi connectivity index (χ0v) is 19.6. The highest BCUT2D eigenvalue weighted by Gasteiger charge is 2.39. The summed E-state index contributed by atoms with van der Waals surface area (Å²) in [4.78, 5) is 55.7. The molecule has 2 fully saturated rings. The van der Waals surface area contributed by atoms with Crippen molar-refractivity contribution >= 4 is 18.1 Å². The van der Waals surface area contributed by atoms with Gasteiger partial charge in [0.1, 0.15) is 11.1 Å². The molecule has 0 atom stereocenters. The van der Waals surface area contributed by atoms with Gasteiger partial charge < -0.3 is 18.9 Å². The third kappa shape index (κ3) is 8.20. The predicted octanol–water partition coefficient (Wildman–Crippen LogP) is 4.14. The number of hydrogen-bond acceptors (Lipinski definition) is 11. The van der Waals surface area contributed by atoms with Crippen molar-refractivity contribution in [3.05, 3.63) is 23.0 Å². The number of carbonyl (C=O) groups is 3. The molecule has 0 spiro atoms. The Morgan fingerprint density at radius 1 is 0.656 bits per heavy atom. The molecule has 0 amide bonds. The Bertz CT molecular complexity index is 740. The SMILES string of the molecule is CC(C)CC(C(=O)OC(C)(C)OC(=O)OC(C)(C)OC(=O)C(CC(C)C)=C1OO1)=C1OO1. The Labute approximate surface area is 186 Å². The van der Waals surface area contributed by atoms with Crippen molar-refractivity contribution in [3.8, 4) is 0 Å². The summed E-state index contributed by atoms with van der Waals surface area (Å²) in [6.07, 6.45) is -0.520. The maximum Gasteiger partial charge on any atom is 0.514 e. The lowest BCUT2D eigenvalue weighted by molar-refractivity contribution is -0.223. The van der Waals surface area contributed by atoms with Crippen LogP contribution in [0.25, 0.3) is 0 Å². The average molecular weight is 458 g/mol. The van der Waals surface area contributed by atoms with Crippen molar-refractivity contribution in [3.63, 3.8) is 0 Å². The monoisotopic (exact) mass is 458 g/mol. The maximum absolute atomic E-state index is 12.5. The fourth-order valence-corrected chi connectivity index (χ4v) is 2.59. The van der Waals surface area contributed by atoms with E-state index in [2.05, 4.69) is 19.6 Å². The normalized spacial score (nSPS) is 14.4. The first-order valence-corrected chi connectivity index (χ1v) is 10.2. The standard InChI is InChI=1S/C21H30O11/c1-11(2)9-13(17-29-30-17)15(22)25-20(5,6)27-19(24)28-21(7,8)26-16(23)14(10-12(3)4)18-31-32-18/h11-12H,9-10H2,1-8H3. The topological polar surface area (TPSA) is 138 Å². The summed E-state index contributed by atoms with van der Waals surface area (Å²) in [6.45, 7) is 13.0. The van der Waals surface area contributed by atoms with Gasteiger partial charge in [-0.1, -0.05) is 27.7 Å². The van der Waals surface area contributed by atoms with Gasteiger partial charge in [-0.3, -0.25) is 0 Å². The molecule has 32 heavy (non-hydrogen) atoms. The van der Waals surface area contributed by atoms with E-state index in [0.29, 0.717) is 12.8 Å². The maximum atomic E-state index is 12.5. The van der Waals surface area contributed by atoms with Gasteiger partial charge >= 0.3 is 30.0 Å². The van der Waals surface area contributed by atoms with Gasteiger partial charge in [-0.15, -0.1) is 0 Å². The molecule has 2 rings (SSSR count). The van der Waals surface area contributed by atoms with Crippen molar-refractivity contribution in [2.45, 2.75) is 79.8 Å². The van der Waals surface area contributed by atoms with Crippen molar-refractivity contribution in [1.29, 1.82) is 0 Å². The van der Waals surface area contributed by atoms with E-state index in [4.69, 9.17) is 18.9 Å². The van der Waals surface area contributed by atoms with Gasteiger partial charge in [0.2, 0.25) is 0 Å². The predicted molar refractivity (Wildman–Crippen MR) is 105 cm³/mol. The van der Waals surface area contributed by atoms with Gasteiger partial charge in [-0.05, 0) is 24.7 Å². The van der Waals surface area contributed by atoms with Crippen molar-refractivity contribution in [2.24, 2.45) is 11.8 Å². The molecule has 0 aliphatic carbocycles. The van der Waals surface area contributed by atoms with Crippen LogP contribution in [-0.4, -0.2) is 29.7 Å². The highest BCUT2D eigenvalue weighted by Crippen LogP contribution is 2.31. The van der Waals surface area contributed by atoms with E-state index in [9.17, 15) is 14.4 Å². The molecule has 2 aliphatic rings. The molecule has 2 heterocycles. The lowest BCUT2D eigenvalue weighted by Crippen LogP contribution is -2.39. The third-order valence-electron chi connectivity index (χ3n) is 3.88. The first-order valence-electron chi connectivity index (χ1n) is 10.2. The zero-order chi connectivity index (χ0) is 24.3. The lowest BCUT2D eigenvalue weighted by Gasteiger charge is -2.29. The van der Waals surface area contributed by atoms with Crippen LogP contribution in [0, 0.1) is 11.8 Å². The molecule has 11 heteroatoms. The summed E-state index contributed by atoms with van der Waals surface area (Å²) in [6, 6.07) is 0. The number of esters is 2. The van der Waals surface area contributed by atoms with Gasteiger partial charge in [0, 0.05) is 27.7 Å². The summed E-state index contributed by atoms with van der Waals surface area (Å²) in [7, 11) is 0. The molecule has 2 aliphatic heterocycles. The zero-order valence-electron chi connectivity index (χ0n) is 19.6. The van der Waals surface area contributed by atoms with E-state index in [0.717, 1.165) is 0 Å². The highest BCUT2D eigenvalue weighted by atomic mass is 17.4. The van der Waals surface area contributed by atoms with E-state index in [1.807, 2.05) is 27.7 Å². The van der Waals surface area contributed by atoms with Crippen LogP contribution in [0.1, 0.15) is 68.2 Å². The summed E-state index contributed by atoms with van der Waals surface area (Å²) in [5.74, 6) is -4.49. The van der Waals surface area contributed by atoms with Gasteiger partial charge in [0.25, 0.3) is 11.6 Å². The molecule has 0 radical (unpaired) electrons. The first kappa shape index (κ1) is 25.2. The average Bonchev–Trinajstić information content (AvgIpc) is 3.48. The second-order valence-corrected chi connectivity index (χ2v) is 9.09. The summed E-state index contributed by atoms with van der Waals surface area (Å²) in [5.41, 5.74) is 0.379. The van der Waals surface area contributed by atoms with E-state index in [1.165, 1.54) is 27.7 Å². The molecule has 2 saturated heterocycles. The molecule has 0 N–H and O–H groups in total. The molecule has 0 aromatic rings. The molecule has 0 aromatic heterocycles. The first-order chi connectivity index (χ1) is 14.7. The van der Waals surface area contributed by atoms with Crippen molar-refractivity contribution < 1.29 is 52.9 Å². The number of rotatable bonds is 10. The van der Waals surface area contributed by atoms with E-state index in [1.54, 1.807) is 0 Å². The summed E-state index contributed by atoms with van der Waals surface area (Å²) < 4.78 is 20.7. The molecular formula is C21H30O11. The minimum absolute atomic E-state index is 0.0741. The number of ether oxygens (including phenoxy) is 4. The van der Waals surface area contributed by atoms with Crippen LogP contribution in [0.4, 0.5) is 4.79 Å². The van der Waals surface area contributed by atoms with Gasteiger partial charge in [-0.2, -0.15) is 0 Å². The van der Waals surface area contributed by atoms with Gasteiger partial charge in [-0.25, -0.2) is 33.9 Å².